The van der Waals surface area contributed by atoms with Crippen molar-refractivity contribution in [2.45, 2.75) is 5.51 Å². The number of rotatable bonds is 5. The Morgan fingerprint density at radius 1 is 0.632 bits per heavy atom. The number of fused-ring (bicyclic) bond motifs is 3. The quantitative estimate of drug-likeness (QED) is 0.207. The number of nitrogens with zero attached hydrogens (tertiary/aromatic N) is 2. The van der Waals surface area contributed by atoms with E-state index in [4.69, 9.17) is 14.7 Å². The van der Waals surface area contributed by atoms with E-state index in [1.807, 2.05) is 60.7 Å². The molecule has 0 aromatic heterocycles. The van der Waals surface area contributed by atoms with Crippen molar-refractivity contribution >= 4 is 32.9 Å². The molecule has 0 radical (unpaired) electrons. The van der Waals surface area contributed by atoms with Gasteiger partial charge >= 0.3 is 15.6 Å². The third kappa shape index (κ3) is 4.66. The zero-order valence-electron chi connectivity index (χ0n) is 19.8. The number of aliphatic imine (C=N–C) groups is 2. The summed E-state index contributed by atoms with van der Waals surface area (Å²) in [5.74, 6) is -0.307. The van der Waals surface area contributed by atoms with Crippen molar-refractivity contribution in [3.8, 4) is 22.6 Å². The van der Waals surface area contributed by atoms with Gasteiger partial charge in [-0.1, -0.05) is 72.8 Å². The van der Waals surface area contributed by atoms with Gasteiger partial charge in [-0.25, -0.2) is 9.98 Å². The van der Waals surface area contributed by atoms with Crippen LogP contribution in [0.15, 0.2) is 107 Å². The number of ether oxygens (including phenoxy) is 1. The molecule has 4 aromatic rings. The maximum Gasteiger partial charge on any atom is 0.534 e. The molecule has 1 aliphatic rings. The monoisotopic (exact) mass is 536 g/mol. The fraction of sp³-hybridized carbons (Fsp3) is 0.0714. The van der Waals surface area contributed by atoms with E-state index in [-0.39, 0.29) is 22.6 Å². The van der Waals surface area contributed by atoms with Gasteiger partial charge in [-0.3, -0.25) is 0 Å². The number of methoxy groups -OCH3 is 1. The van der Waals surface area contributed by atoms with Crippen LogP contribution in [0.2, 0.25) is 0 Å². The molecule has 0 amide bonds. The maximum atomic E-state index is 13.3. The summed E-state index contributed by atoms with van der Waals surface area (Å²) < 4.78 is 74.0. The predicted molar refractivity (Wildman–Crippen MR) is 139 cm³/mol. The van der Waals surface area contributed by atoms with Crippen molar-refractivity contribution in [1.29, 1.82) is 0 Å². The zero-order chi connectivity index (χ0) is 26.9. The lowest BCUT2D eigenvalue weighted by atomic mass is 9.95. The normalized spacial score (nSPS) is 13.3. The van der Waals surface area contributed by atoms with Crippen LogP contribution in [0.1, 0.15) is 11.1 Å². The van der Waals surface area contributed by atoms with Crippen LogP contribution in [-0.4, -0.2) is 32.5 Å². The second kappa shape index (κ2) is 9.79. The third-order valence-corrected chi connectivity index (χ3v) is 6.71. The molecule has 192 valence electrons. The summed E-state index contributed by atoms with van der Waals surface area (Å²) in [6.07, 6.45) is 0. The highest BCUT2D eigenvalue weighted by Gasteiger charge is 2.49. The Hall–Kier alpha value is -4.44. The zero-order valence-corrected chi connectivity index (χ0v) is 20.6. The predicted octanol–water partition coefficient (Wildman–Crippen LogP) is 6.85. The molecule has 6 nitrogen and oxygen atoms in total. The van der Waals surface area contributed by atoms with Gasteiger partial charge in [0.2, 0.25) is 0 Å². The van der Waals surface area contributed by atoms with E-state index in [0.717, 1.165) is 11.6 Å². The van der Waals surface area contributed by atoms with E-state index in [0.29, 0.717) is 22.7 Å². The lowest BCUT2D eigenvalue weighted by Gasteiger charge is -2.21. The lowest BCUT2D eigenvalue weighted by Crippen LogP contribution is -2.28. The van der Waals surface area contributed by atoms with Gasteiger partial charge in [0, 0.05) is 11.1 Å². The SMILES string of the molecule is COc1cccc2c1-c1c(cccc1OS(=O)(=O)C(F)(F)F)N=C(c1ccccc1)C(c1ccccc1)=N2. The Kier molecular flexibility index (Phi) is 6.50. The second-order valence-electron chi connectivity index (χ2n) is 8.14. The first-order valence-electron chi connectivity index (χ1n) is 11.3. The average molecular weight is 537 g/mol. The number of hydrogen-bond acceptors (Lipinski definition) is 6. The topological polar surface area (TPSA) is 77.3 Å². The standard InChI is InChI=1S/C28H19F3N2O4S/c1-36-22-16-8-14-20-24(22)25-21(15-9-17-23(25)37-38(34,35)28(29,30)31)33-27(19-12-6-3-7-13-19)26(32-20)18-10-4-2-5-11-18/h2-17H,1H3. The highest BCUT2D eigenvalue weighted by atomic mass is 32.2. The summed E-state index contributed by atoms with van der Waals surface area (Å²) in [5.41, 5.74) is -2.51. The molecule has 5 rings (SSSR count). The number of halogens is 3. The Balaban J connectivity index is 1.88. The minimum absolute atomic E-state index is 0.00271. The van der Waals surface area contributed by atoms with Crippen molar-refractivity contribution < 1.29 is 30.5 Å². The molecule has 1 heterocycles. The molecular weight excluding hydrogens is 517 g/mol. The summed E-state index contributed by atoms with van der Waals surface area (Å²) in [5, 5.41) is 0. The van der Waals surface area contributed by atoms with Crippen LogP contribution in [0.25, 0.3) is 11.1 Å². The maximum absolute atomic E-state index is 13.3. The lowest BCUT2D eigenvalue weighted by molar-refractivity contribution is -0.0499. The van der Waals surface area contributed by atoms with Crippen molar-refractivity contribution in [3.63, 3.8) is 0 Å². The Morgan fingerprint density at radius 2 is 1.08 bits per heavy atom. The first-order valence-corrected chi connectivity index (χ1v) is 12.7. The van der Waals surface area contributed by atoms with Crippen LogP contribution in [0.4, 0.5) is 24.5 Å². The Bertz CT molecular complexity index is 1670. The van der Waals surface area contributed by atoms with E-state index in [2.05, 4.69) is 4.18 Å². The number of alkyl halides is 3. The van der Waals surface area contributed by atoms with Gasteiger partial charge in [0.15, 0.2) is 5.75 Å². The fourth-order valence-corrected chi connectivity index (χ4v) is 4.54. The molecule has 0 saturated carbocycles. The van der Waals surface area contributed by atoms with Crippen LogP contribution < -0.4 is 8.92 Å². The van der Waals surface area contributed by atoms with Gasteiger partial charge in [-0.05, 0) is 24.3 Å². The van der Waals surface area contributed by atoms with Crippen molar-refractivity contribution in [2.75, 3.05) is 7.11 Å². The molecule has 0 fully saturated rings. The van der Waals surface area contributed by atoms with Crippen molar-refractivity contribution in [2.24, 2.45) is 9.98 Å². The molecule has 1 aliphatic heterocycles. The average Bonchev–Trinajstić information content (AvgIpc) is 2.89. The van der Waals surface area contributed by atoms with Gasteiger partial charge < -0.3 is 8.92 Å². The van der Waals surface area contributed by atoms with E-state index in [9.17, 15) is 21.6 Å². The highest BCUT2D eigenvalue weighted by molar-refractivity contribution is 7.88. The summed E-state index contributed by atoms with van der Waals surface area (Å²) in [6.45, 7) is 0. The van der Waals surface area contributed by atoms with E-state index in [1.54, 1.807) is 24.3 Å². The third-order valence-electron chi connectivity index (χ3n) is 5.74. The molecule has 0 saturated heterocycles. The molecule has 0 spiro atoms. The highest BCUT2D eigenvalue weighted by Crippen LogP contribution is 2.49. The van der Waals surface area contributed by atoms with Crippen LogP contribution in [0, 0.1) is 0 Å². The summed E-state index contributed by atoms with van der Waals surface area (Å²) in [6, 6.07) is 27.5. The number of benzene rings is 4. The molecular formula is C28H19F3N2O4S. The molecule has 10 heteroatoms. The molecule has 0 atom stereocenters. The van der Waals surface area contributed by atoms with Crippen LogP contribution in [0.3, 0.4) is 0 Å². The number of hydrogen-bond donors (Lipinski definition) is 0. The van der Waals surface area contributed by atoms with Crippen LogP contribution in [0.5, 0.6) is 11.5 Å². The van der Waals surface area contributed by atoms with E-state index >= 15 is 0 Å². The first kappa shape index (κ1) is 25.2. The first-order chi connectivity index (χ1) is 18.2. The van der Waals surface area contributed by atoms with Crippen LogP contribution in [-0.2, 0) is 10.1 Å². The molecule has 0 N–H and O–H groups in total. The Morgan fingerprint density at radius 3 is 1.53 bits per heavy atom. The summed E-state index contributed by atoms with van der Waals surface area (Å²) in [4.78, 5) is 9.73. The minimum atomic E-state index is -5.97. The molecule has 4 aromatic carbocycles. The molecule has 38 heavy (non-hydrogen) atoms. The second-order valence-corrected chi connectivity index (χ2v) is 9.68. The van der Waals surface area contributed by atoms with Crippen LogP contribution >= 0.6 is 0 Å². The van der Waals surface area contributed by atoms with Gasteiger partial charge in [-0.2, -0.15) is 21.6 Å². The van der Waals surface area contributed by atoms with E-state index < -0.39 is 21.4 Å². The molecule has 0 bridgehead atoms. The summed E-state index contributed by atoms with van der Waals surface area (Å²) in [7, 11) is -4.58. The van der Waals surface area contributed by atoms with E-state index in [1.165, 1.54) is 13.2 Å². The van der Waals surface area contributed by atoms with Gasteiger partial charge in [0.25, 0.3) is 0 Å². The summed E-state index contributed by atoms with van der Waals surface area (Å²) >= 11 is 0. The smallest absolute Gasteiger partial charge is 0.496 e. The van der Waals surface area contributed by atoms with Gasteiger partial charge in [0.1, 0.15) is 5.75 Å². The molecule has 0 aliphatic carbocycles. The largest absolute Gasteiger partial charge is 0.534 e. The van der Waals surface area contributed by atoms with Crippen molar-refractivity contribution in [3.05, 3.63) is 108 Å². The minimum Gasteiger partial charge on any atom is -0.496 e. The fourth-order valence-electron chi connectivity index (χ4n) is 4.07. The Labute approximate surface area is 216 Å². The van der Waals surface area contributed by atoms with Crippen molar-refractivity contribution in [1.82, 2.24) is 0 Å². The van der Waals surface area contributed by atoms with Gasteiger partial charge in [0.05, 0.1) is 41.0 Å². The molecule has 0 unspecified atom stereocenters. The van der Waals surface area contributed by atoms with Gasteiger partial charge in [-0.15, -0.1) is 0 Å².